The van der Waals surface area contributed by atoms with Crippen molar-refractivity contribution >= 4 is 23.4 Å². The molecular weight excluding hydrogens is 427 g/mol. The quantitative estimate of drug-likeness (QED) is 0.537. The van der Waals surface area contributed by atoms with Crippen LogP contribution in [0.4, 0.5) is 20.6 Å². The summed E-state index contributed by atoms with van der Waals surface area (Å²) in [6, 6.07) is 4.81. The van der Waals surface area contributed by atoms with Crippen molar-refractivity contribution in [1.82, 2.24) is 19.9 Å². The number of anilines is 2. The highest BCUT2D eigenvalue weighted by molar-refractivity contribution is 5.90. The Balaban J connectivity index is 1.31. The number of amides is 2. The predicted octanol–water partition coefficient (Wildman–Crippen LogP) is 3.06. The Morgan fingerprint density at radius 2 is 2.00 bits per heavy atom. The number of aromatic nitrogens is 3. The standard InChI is InChI=1S/C23H31FN6O3/c1-2-3-4-5-6-22(31)28-13-11-27(12-14-28)21-8-7-18(15-20(21)24)30-17-19(33-23(30)32)16-29-10-9-25-26-29/h7-10,15,19H,2-6,11-14,16-17H2,1H3/t19-/m0/s1. The van der Waals surface area contributed by atoms with Gasteiger partial charge in [0.15, 0.2) is 0 Å². The van der Waals surface area contributed by atoms with E-state index in [4.69, 9.17) is 4.74 Å². The van der Waals surface area contributed by atoms with Crippen LogP contribution in [-0.4, -0.2) is 70.7 Å². The normalized spacial score (nSPS) is 18.7. The Hall–Kier alpha value is -3.17. The van der Waals surface area contributed by atoms with E-state index in [2.05, 4.69) is 17.2 Å². The first kappa shape index (κ1) is 23.0. The molecule has 0 spiro atoms. The zero-order valence-electron chi connectivity index (χ0n) is 19.0. The molecule has 2 aromatic rings. The first-order chi connectivity index (χ1) is 16.0. The van der Waals surface area contributed by atoms with Gasteiger partial charge in [-0.15, -0.1) is 5.10 Å². The third-order valence-corrected chi connectivity index (χ3v) is 6.20. The third kappa shape index (κ3) is 5.61. The van der Waals surface area contributed by atoms with Crippen LogP contribution in [-0.2, 0) is 16.1 Å². The van der Waals surface area contributed by atoms with Crippen LogP contribution >= 0.6 is 0 Å². The molecular formula is C23H31FN6O3. The molecule has 2 saturated heterocycles. The van der Waals surface area contributed by atoms with Gasteiger partial charge >= 0.3 is 6.09 Å². The number of halogens is 1. The number of rotatable bonds is 9. The molecule has 1 atom stereocenters. The number of carbonyl (C=O) groups is 2. The molecule has 3 heterocycles. The van der Waals surface area contributed by atoms with Crippen molar-refractivity contribution in [2.24, 2.45) is 0 Å². The number of unbranched alkanes of at least 4 members (excludes halogenated alkanes) is 3. The summed E-state index contributed by atoms with van der Waals surface area (Å²) in [6.07, 6.45) is 7.30. The topological polar surface area (TPSA) is 83.8 Å². The number of hydrogen-bond donors (Lipinski definition) is 0. The van der Waals surface area contributed by atoms with Crippen molar-refractivity contribution in [3.63, 3.8) is 0 Å². The molecule has 0 radical (unpaired) electrons. The Bertz CT molecular complexity index is 946. The summed E-state index contributed by atoms with van der Waals surface area (Å²) in [7, 11) is 0. The molecule has 4 rings (SSSR count). The molecule has 0 N–H and O–H groups in total. The highest BCUT2D eigenvalue weighted by Crippen LogP contribution is 2.29. The number of nitrogens with zero attached hydrogens (tertiary/aromatic N) is 6. The van der Waals surface area contributed by atoms with Gasteiger partial charge in [-0.05, 0) is 24.6 Å². The molecule has 2 fully saturated rings. The van der Waals surface area contributed by atoms with Crippen LogP contribution in [0.5, 0.6) is 0 Å². The van der Waals surface area contributed by atoms with Gasteiger partial charge in [0, 0.05) is 38.8 Å². The van der Waals surface area contributed by atoms with E-state index in [-0.39, 0.29) is 17.8 Å². The number of hydrogen-bond acceptors (Lipinski definition) is 6. The molecule has 33 heavy (non-hydrogen) atoms. The smallest absolute Gasteiger partial charge is 0.414 e. The minimum absolute atomic E-state index is 0.189. The highest BCUT2D eigenvalue weighted by atomic mass is 19.1. The second-order valence-corrected chi connectivity index (χ2v) is 8.56. The Labute approximate surface area is 193 Å². The second kappa shape index (κ2) is 10.6. The highest BCUT2D eigenvalue weighted by Gasteiger charge is 2.33. The summed E-state index contributed by atoms with van der Waals surface area (Å²) < 4.78 is 22.0. The van der Waals surface area contributed by atoms with Crippen molar-refractivity contribution in [1.29, 1.82) is 0 Å². The summed E-state index contributed by atoms with van der Waals surface area (Å²) in [4.78, 5) is 30.0. The van der Waals surface area contributed by atoms with Gasteiger partial charge in [0.1, 0.15) is 11.9 Å². The second-order valence-electron chi connectivity index (χ2n) is 8.56. The molecule has 2 amide bonds. The minimum Gasteiger partial charge on any atom is -0.442 e. The van der Waals surface area contributed by atoms with Crippen molar-refractivity contribution in [3.05, 3.63) is 36.4 Å². The lowest BCUT2D eigenvalue weighted by atomic mass is 10.1. The van der Waals surface area contributed by atoms with E-state index in [0.717, 1.165) is 25.7 Å². The van der Waals surface area contributed by atoms with E-state index in [9.17, 15) is 14.0 Å². The van der Waals surface area contributed by atoms with E-state index in [1.807, 2.05) is 9.80 Å². The van der Waals surface area contributed by atoms with Gasteiger partial charge in [0.25, 0.3) is 0 Å². The number of cyclic esters (lactones) is 1. The molecule has 9 nitrogen and oxygen atoms in total. The average Bonchev–Trinajstić information content (AvgIpc) is 3.46. The first-order valence-electron chi connectivity index (χ1n) is 11.7. The van der Waals surface area contributed by atoms with Crippen LogP contribution in [0.15, 0.2) is 30.6 Å². The zero-order chi connectivity index (χ0) is 23.2. The molecule has 178 valence electrons. The Morgan fingerprint density at radius 1 is 1.18 bits per heavy atom. The number of piperazine rings is 1. The van der Waals surface area contributed by atoms with E-state index in [0.29, 0.717) is 57.1 Å². The van der Waals surface area contributed by atoms with E-state index in [1.165, 1.54) is 11.0 Å². The molecule has 10 heteroatoms. The Morgan fingerprint density at radius 3 is 2.70 bits per heavy atom. The van der Waals surface area contributed by atoms with Crippen LogP contribution in [0.2, 0.25) is 0 Å². The van der Waals surface area contributed by atoms with Gasteiger partial charge < -0.3 is 14.5 Å². The SMILES string of the molecule is CCCCCCC(=O)N1CCN(c2ccc(N3C[C@H](Cn4ccnn4)OC3=O)cc2F)CC1. The molecule has 0 aliphatic carbocycles. The van der Waals surface area contributed by atoms with Gasteiger partial charge in [-0.25, -0.2) is 13.9 Å². The van der Waals surface area contributed by atoms with Crippen LogP contribution in [0.25, 0.3) is 0 Å². The monoisotopic (exact) mass is 458 g/mol. The Kier molecular flexibility index (Phi) is 7.41. The summed E-state index contributed by atoms with van der Waals surface area (Å²) in [5, 5.41) is 7.63. The van der Waals surface area contributed by atoms with E-state index < -0.39 is 6.09 Å². The maximum Gasteiger partial charge on any atom is 0.414 e. The fraction of sp³-hybridized carbons (Fsp3) is 0.565. The number of ether oxygens (including phenoxy) is 1. The van der Waals surface area contributed by atoms with Crippen LogP contribution in [0.3, 0.4) is 0 Å². The molecule has 1 aromatic carbocycles. The third-order valence-electron chi connectivity index (χ3n) is 6.20. The van der Waals surface area contributed by atoms with Crippen molar-refractivity contribution in [2.45, 2.75) is 51.7 Å². The maximum atomic E-state index is 15.0. The van der Waals surface area contributed by atoms with E-state index in [1.54, 1.807) is 29.2 Å². The zero-order valence-corrected chi connectivity index (χ0v) is 19.0. The summed E-state index contributed by atoms with van der Waals surface area (Å²) in [5.41, 5.74) is 0.948. The fourth-order valence-corrected chi connectivity index (χ4v) is 4.34. The van der Waals surface area contributed by atoms with Crippen LogP contribution in [0.1, 0.15) is 39.0 Å². The first-order valence-corrected chi connectivity index (χ1v) is 11.7. The fourth-order valence-electron chi connectivity index (χ4n) is 4.34. The van der Waals surface area contributed by atoms with Crippen LogP contribution < -0.4 is 9.80 Å². The summed E-state index contributed by atoms with van der Waals surface area (Å²) in [5.74, 6) is -0.200. The van der Waals surface area contributed by atoms with Crippen molar-refractivity contribution in [2.75, 3.05) is 42.5 Å². The van der Waals surface area contributed by atoms with Gasteiger partial charge in [-0.2, -0.15) is 0 Å². The maximum absolute atomic E-state index is 15.0. The van der Waals surface area contributed by atoms with Gasteiger partial charge in [-0.3, -0.25) is 9.69 Å². The lowest BCUT2D eigenvalue weighted by molar-refractivity contribution is -0.131. The lowest BCUT2D eigenvalue weighted by Gasteiger charge is -2.36. The largest absolute Gasteiger partial charge is 0.442 e. The lowest BCUT2D eigenvalue weighted by Crippen LogP contribution is -2.49. The number of benzene rings is 1. The minimum atomic E-state index is -0.502. The van der Waals surface area contributed by atoms with Crippen LogP contribution in [0, 0.1) is 5.82 Å². The molecule has 1 aromatic heterocycles. The molecule has 0 saturated carbocycles. The van der Waals surface area contributed by atoms with E-state index >= 15 is 0 Å². The van der Waals surface area contributed by atoms with Crippen molar-refractivity contribution in [3.8, 4) is 0 Å². The molecule has 2 aliphatic rings. The van der Waals surface area contributed by atoms with Crippen molar-refractivity contribution < 1.29 is 18.7 Å². The molecule has 0 unspecified atom stereocenters. The predicted molar refractivity (Wildman–Crippen MR) is 122 cm³/mol. The van der Waals surface area contributed by atoms with Gasteiger partial charge in [0.2, 0.25) is 5.91 Å². The van der Waals surface area contributed by atoms with Gasteiger partial charge in [0.05, 0.1) is 30.7 Å². The molecule has 2 aliphatic heterocycles. The molecule has 0 bridgehead atoms. The summed E-state index contributed by atoms with van der Waals surface area (Å²) >= 11 is 0. The summed E-state index contributed by atoms with van der Waals surface area (Å²) in [6.45, 7) is 5.22. The van der Waals surface area contributed by atoms with Gasteiger partial charge in [-0.1, -0.05) is 31.4 Å². The average molecular weight is 459 g/mol. The number of carbonyl (C=O) groups excluding carboxylic acids is 2.